The average molecular weight is 276 g/mol. The van der Waals surface area contributed by atoms with Crippen molar-refractivity contribution in [2.75, 3.05) is 0 Å². The fraction of sp³-hybridized carbons (Fsp3) is 0.500. The first-order valence-electron chi connectivity index (χ1n) is 5.14. The van der Waals surface area contributed by atoms with Crippen LogP contribution in [-0.2, 0) is 28.7 Å². The van der Waals surface area contributed by atoms with E-state index in [9.17, 15) is 24.0 Å². The summed E-state index contributed by atoms with van der Waals surface area (Å²) in [5.41, 5.74) is 0. The van der Waals surface area contributed by atoms with E-state index in [0.29, 0.717) is 0 Å². The van der Waals surface area contributed by atoms with E-state index < -0.39 is 61.4 Å². The highest BCUT2D eigenvalue weighted by Crippen LogP contribution is 2.05. The van der Waals surface area contributed by atoms with Gasteiger partial charge in [0.2, 0.25) is 5.78 Å². The van der Waals surface area contributed by atoms with E-state index >= 15 is 0 Å². The molecule has 0 aliphatic heterocycles. The lowest BCUT2D eigenvalue weighted by Gasteiger charge is -2.11. The number of Topliss-reactive ketones (excluding diaryl/α,β-unsaturated/α-hetero) is 1. The number of hydrogen-bond acceptors (Lipinski definition) is 6. The van der Waals surface area contributed by atoms with Gasteiger partial charge in [-0.3, -0.25) is 14.4 Å². The molecule has 0 saturated carbocycles. The lowest BCUT2D eigenvalue weighted by atomic mass is 10.2. The molecule has 9 nitrogen and oxygen atoms in total. The molecule has 0 spiro atoms. The van der Waals surface area contributed by atoms with Crippen LogP contribution in [0.4, 0.5) is 0 Å². The number of esters is 1. The average Bonchev–Trinajstić information content (AvgIpc) is 2.30. The van der Waals surface area contributed by atoms with E-state index in [-0.39, 0.29) is 0 Å². The number of carbonyl (C=O) groups excluding carboxylic acids is 2. The van der Waals surface area contributed by atoms with Crippen molar-refractivity contribution >= 4 is 29.7 Å². The van der Waals surface area contributed by atoms with Gasteiger partial charge in [-0.2, -0.15) is 0 Å². The van der Waals surface area contributed by atoms with Gasteiger partial charge in [-0.25, -0.2) is 9.59 Å². The van der Waals surface area contributed by atoms with E-state index in [2.05, 4.69) is 4.74 Å². The lowest BCUT2D eigenvalue weighted by molar-refractivity contribution is -0.168. The highest BCUT2D eigenvalue weighted by atomic mass is 16.6. The SMILES string of the molecule is O=C(O)CCC(=O)C(=O)OC(CCC(=O)O)C(=O)O. The summed E-state index contributed by atoms with van der Waals surface area (Å²) < 4.78 is 4.31. The molecule has 0 heterocycles. The Kier molecular flexibility index (Phi) is 6.79. The summed E-state index contributed by atoms with van der Waals surface area (Å²) in [7, 11) is 0. The second-order valence-electron chi connectivity index (χ2n) is 3.48. The molecule has 0 rings (SSSR count). The monoisotopic (exact) mass is 276 g/mol. The van der Waals surface area contributed by atoms with Crippen LogP contribution in [0.5, 0.6) is 0 Å². The third-order valence-electron chi connectivity index (χ3n) is 1.94. The first-order valence-corrected chi connectivity index (χ1v) is 5.14. The third kappa shape index (κ3) is 7.47. The van der Waals surface area contributed by atoms with Crippen molar-refractivity contribution in [3.05, 3.63) is 0 Å². The van der Waals surface area contributed by atoms with Gasteiger partial charge in [0.15, 0.2) is 6.10 Å². The zero-order chi connectivity index (χ0) is 15.0. The summed E-state index contributed by atoms with van der Waals surface area (Å²) in [4.78, 5) is 53.3. The normalized spacial score (nSPS) is 11.4. The summed E-state index contributed by atoms with van der Waals surface area (Å²) >= 11 is 0. The van der Waals surface area contributed by atoms with Crippen LogP contribution in [0.3, 0.4) is 0 Å². The van der Waals surface area contributed by atoms with Crippen molar-refractivity contribution in [1.29, 1.82) is 0 Å². The van der Waals surface area contributed by atoms with Crippen molar-refractivity contribution in [2.24, 2.45) is 0 Å². The summed E-state index contributed by atoms with van der Waals surface area (Å²) in [6, 6.07) is 0. The lowest BCUT2D eigenvalue weighted by Crippen LogP contribution is -2.31. The Morgan fingerprint density at radius 3 is 1.79 bits per heavy atom. The molecular formula is C10H12O9. The fourth-order valence-electron chi connectivity index (χ4n) is 1.00. The Balaban J connectivity index is 4.38. The molecule has 0 aliphatic carbocycles. The van der Waals surface area contributed by atoms with Crippen molar-refractivity contribution in [1.82, 2.24) is 0 Å². The van der Waals surface area contributed by atoms with E-state index in [1.807, 2.05) is 0 Å². The Morgan fingerprint density at radius 2 is 1.37 bits per heavy atom. The highest BCUT2D eigenvalue weighted by Gasteiger charge is 2.26. The van der Waals surface area contributed by atoms with E-state index in [1.54, 1.807) is 0 Å². The number of carbonyl (C=O) groups is 5. The quantitative estimate of drug-likeness (QED) is 0.365. The molecule has 0 aromatic heterocycles. The van der Waals surface area contributed by atoms with E-state index in [4.69, 9.17) is 15.3 Å². The molecule has 19 heavy (non-hydrogen) atoms. The fourth-order valence-corrected chi connectivity index (χ4v) is 1.00. The molecule has 0 aromatic rings. The summed E-state index contributed by atoms with van der Waals surface area (Å²) in [5.74, 6) is -6.81. The van der Waals surface area contributed by atoms with Crippen molar-refractivity contribution < 1.29 is 44.0 Å². The van der Waals surface area contributed by atoms with Crippen molar-refractivity contribution in [2.45, 2.75) is 31.8 Å². The van der Waals surface area contributed by atoms with Crippen LogP contribution in [0.25, 0.3) is 0 Å². The Hall–Kier alpha value is -2.45. The van der Waals surface area contributed by atoms with Crippen LogP contribution >= 0.6 is 0 Å². The van der Waals surface area contributed by atoms with Crippen LogP contribution in [0.15, 0.2) is 0 Å². The van der Waals surface area contributed by atoms with Gasteiger partial charge in [-0.15, -0.1) is 0 Å². The minimum absolute atomic E-state index is 0.484. The van der Waals surface area contributed by atoms with Crippen LogP contribution < -0.4 is 0 Å². The molecule has 106 valence electrons. The molecule has 9 heteroatoms. The topological polar surface area (TPSA) is 155 Å². The maximum absolute atomic E-state index is 11.1. The smallest absolute Gasteiger partial charge is 0.375 e. The minimum atomic E-state index is -1.75. The number of ketones is 1. The Morgan fingerprint density at radius 1 is 0.842 bits per heavy atom. The van der Waals surface area contributed by atoms with Gasteiger partial charge in [0, 0.05) is 19.3 Å². The van der Waals surface area contributed by atoms with E-state index in [0.717, 1.165) is 0 Å². The van der Waals surface area contributed by atoms with Crippen molar-refractivity contribution in [3.8, 4) is 0 Å². The van der Waals surface area contributed by atoms with Crippen LogP contribution in [-0.4, -0.2) is 51.1 Å². The summed E-state index contributed by atoms with van der Waals surface area (Å²) in [6.45, 7) is 0. The Labute approximate surface area is 106 Å². The van der Waals surface area contributed by atoms with Crippen LogP contribution in [0, 0.1) is 0 Å². The largest absolute Gasteiger partial charge is 0.481 e. The second kappa shape index (κ2) is 7.80. The second-order valence-corrected chi connectivity index (χ2v) is 3.48. The molecule has 0 amide bonds. The number of carboxylic acids is 3. The number of carboxylic acid groups (broad SMARTS) is 3. The predicted molar refractivity (Wildman–Crippen MR) is 56.3 cm³/mol. The van der Waals surface area contributed by atoms with E-state index in [1.165, 1.54) is 0 Å². The highest BCUT2D eigenvalue weighted by molar-refractivity contribution is 6.34. The number of aliphatic carboxylic acids is 3. The molecule has 1 unspecified atom stereocenters. The standard InChI is InChI=1S/C10H12O9/c11-5(1-3-7(12)13)10(18)19-6(9(16)17)2-4-8(14)15/h6H,1-4H2,(H,12,13)(H,14,15)(H,16,17). The van der Waals surface area contributed by atoms with Gasteiger partial charge in [0.05, 0.1) is 6.42 Å². The van der Waals surface area contributed by atoms with Gasteiger partial charge >= 0.3 is 23.9 Å². The third-order valence-corrected chi connectivity index (χ3v) is 1.94. The minimum Gasteiger partial charge on any atom is -0.481 e. The van der Waals surface area contributed by atoms with Crippen LogP contribution in [0.1, 0.15) is 25.7 Å². The molecule has 0 aromatic carbocycles. The zero-order valence-electron chi connectivity index (χ0n) is 9.70. The number of ether oxygens (including phenoxy) is 1. The molecule has 3 N–H and O–H groups in total. The van der Waals surface area contributed by atoms with Gasteiger partial charge in [0.1, 0.15) is 0 Å². The molecule has 0 bridgehead atoms. The molecular weight excluding hydrogens is 264 g/mol. The van der Waals surface area contributed by atoms with Crippen molar-refractivity contribution in [3.63, 3.8) is 0 Å². The summed E-state index contributed by atoms with van der Waals surface area (Å²) in [5, 5.41) is 25.3. The zero-order valence-corrected chi connectivity index (χ0v) is 9.70. The molecule has 1 atom stereocenters. The maximum atomic E-state index is 11.1. The first kappa shape index (κ1) is 16.6. The van der Waals surface area contributed by atoms with Gasteiger partial charge in [-0.05, 0) is 0 Å². The molecule has 0 aliphatic rings. The van der Waals surface area contributed by atoms with Gasteiger partial charge in [0.25, 0.3) is 0 Å². The number of hydrogen-bond donors (Lipinski definition) is 3. The maximum Gasteiger partial charge on any atom is 0.375 e. The van der Waals surface area contributed by atoms with Crippen LogP contribution in [0.2, 0.25) is 0 Å². The molecule has 0 fully saturated rings. The summed E-state index contributed by atoms with van der Waals surface area (Å²) in [6.07, 6.45) is -3.98. The molecule has 0 saturated heterocycles. The van der Waals surface area contributed by atoms with Gasteiger partial charge < -0.3 is 20.1 Å². The number of rotatable bonds is 9. The molecule has 0 radical (unpaired) electrons. The Bertz CT molecular complexity index is 398. The van der Waals surface area contributed by atoms with Gasteiger partial charge in [-0.1, -0.05) is 0 Å². The first-order chi connectivity index (χ1) is 8.73. The predicted octanol–water partition coefficient (Wildman–Crippen LogP) is -0.719.